The maximum atomic E-state index is 11.8. The quantitative estimate of drug-likeness (QED) is 0.889. The molecule has 1 amide bonds. The Labute approximate surface area is 124 Å². The van der Waals surface area contributed by atoms with Crippen LogP contribution in [0.3, 0.4) is 0 Å². The smallest absolute Gasteiger partial charge is 0.240 e. The van der Waals surface area contributed by atoms with Gasteiger partial charge in [-0.1, -0.05) is 30.3 Å². The molecular formula is C14H14BrN3O2. The molecular weight excluding hydrogens is 322 g/mol. The van der Waals surface area contributed by atoms with E-state index < -0.39 is 0 Å². The molecule has 0 aliphatic carbocycles. The van der Waals surface area contributed by atoms with E-state index in [1.54, 1.807) is 10.8 Å². The van der Waals surface area contributed by atoms with Crippen molar-refractivity contribution in [3.8, 4) is 0 Å². The molecule has 1 aromatic carbocycles. The fourth-order valence-corrected chi connectivity index (χ4v) is 2.22. The zero-order chi connectivity index (χ0) is 14.5. The first-order valence-corrected chi connectivity index (χ1v) is 6.81. The highest BCUT2D eigenvalue weighted by Crippen LogP contribution is 2.06. The second kappa shape index (κ2) is 6.38. The highest BCUT2D eigenvalue weighted by Gasteiger charge is 2.06. The van der Waals surface area contributed by atoms with Crippen LogP contribution in [0, 0.1) is 0 Å². The fraction of sp³-hybridized carbons (Fsp3) is 0.143. The van der Waals surface area contributed by atoms with Crippen LogP contribution in [-0.4, -0.2) is 10.5 Å². The molecule has 0 saturated carbocycles. The number of hydrogen-bond donors (Lipinski definition) is 2. The maximum Gasteiger partial charge on any atom is 0.240 e. The molecule has 0 saturated heterocycles. The van der Waals surface area contributed by atoms with Crippen LogP contribution in [0.2, 0.25) is 0 Å². The van der Waals surface area contributed by atoms with Gasteiger partial charge in [0.1, 0.15) is 6.54 Å². The molecule has 5 nitrogen and oxygen atoms in total. The third-order valence-electron chi connectivity index (χ3n) is 2.72. The lowest BCUT2D eigenvalue weighted by molar-refractivity contribution is -0.121. The number of rotatable bonds is 4. The van der Waals surface area contributed by atoms with Crippen LogP contribution in [0.5, 0.6) is 0 Å². The number of nitrogens with one attached hydrogen (secondary N) is 1. The molecule has 0 atom stereocenters. The third-order valence-corrected chi connectivity index (χ3v) is 3.29. The molecule has 104 valence electrons. The van der Waals surface area contributed by atoms with Crippen molar-refractivity contribution in [1.29, 1.82) is 0 Å². The van der Waals surface area contributed by atoms with Gasteiger partial charge in [-0.15, -0.1) is 0 Å². The molecule has 0 radical (unpaired) electrons. The van der Waals surface area contributed by atoms with E-state index in [2.05, 4.69) is 21.2 Å². The van der Waals surface area contributed by atoms with E-state index in [1.165, 1.54) is 6.20 Å². The number of nitrogens with two attached hydrogens (primary N) is 1. The molecule has 1 heterocycles. The maximum absolute atomic E-state index is 11.8. The van der Waals surface area contributed by atoms with Gasteiger partial charge in [-0.3, -0.25) is 9.59 Å². The minimum absolute atomic E-state index is 0.107. The lowest BCUT2D eigenvalue weighted by Crippen LogP contribution is -2.27. The van der Waals surface area contributed by atoms with Gasteiger partial charge in [0.25, 0.3) is 0 Å². The molecule has 0 spiro atoms. The summed E-state index contributed by atoms with van der Waals surface area (Å²) in [6.07, 6.45) is 3.00. The zero-order valence-electron chi connectivity index (χ0n) is 10.7. The zero-order valence-corrected chi connectivity index (χ0v) is 12.3. The van der Waals surface area contributed by atoms with Crippen molar-refractivity contribution < 1.29 is 4.79 Å². The Morgan fingerprint density at radius 1 is 1.25 bits per heavy atom. The normalized spacial score (nSPS) is 10.2. The Hall–Kier alpha value is -2.08. The van der Waals surface area contributed by atoms with Crippen molar-refractivity contribution in [1.82, 2.24) is 9.88 Å². The molecule has 2 aromatic rings. The number of carbonyl (C=O) groups excluding carboxylic acids is 1. The van der Waals surface area contributed by atoms with E-state index in [4.69, 9.17) is 5.73 Å². The van der Waals surface area contributed by atoms with Gasteiger partial charge in [-0.25, -0.2) is 0 Å². The highest BCUT2D eigenvalue weighted by molar-refractivity contribution is 9.10. The molecule has 2 rings (SSSR count). The lowest BCUT2D eigenvalue weighted by Gasteiger charge is -2.09. The lowest BCUT2D eigenvalue weighted by atomic mass is 10.2. The summed E-state index contributed by atoms with van der Waals surface area (Å²) in [7, 11) is 0. The minimum atomic E-state index is -0.272. The van der Waals surface area contributed by atoms with Crippen LogP contribution in [0.4, 0.5) is 5.69 Å². The summed E-state index contributed by atoms with van der Waals surface area (Å²) >= 11 is 3.12. The first-order chi connectivity index (χ1) is 9.56. The standard InChI is InChI=1S/C14H14BrN3O2/c15-11-7-18(8-12(16)14(11)20)9-13(19)17-6-10-4-2-1-3-5-10/h1-5,7-8H,6,9,16H2,(H,17,19). The Kier molecular flexibility index (Phi) is 4.57. The van der Waals surface area contributed by atoms with Crippen molar-refractivity contribution in [2.24, 2.45) is 0 Å². The van der Waals surface area contributed by atoms with Gasteiger partial charge >= 0.3 is 0 Å². The number of carbonyl (C=O) groups is 1. The largest absolute Gasteiger partial charge is 0.394 e. The second-order valence-corrected chi connectivity index (χ2v) is 5.18. The average Bonchev–Trinajstić information content (AvgIpc) is 2.43. The van der Waals surface area contributed by atoms with Crippen molar-refractivity contribution in [3.05, 3.63) is 63.0 Å². The summed E-state index contributed by atoms with van der Waals surface area (Å²) in [5, 5.41) is 2.81. The summed E-state index contributed by atoms with van der Waals surface area (Å²) in [5.74, 6) is -0.149. The van der Waals surface area contributed by atoms with Gasteiger partial charge in [0.2, 0.25) is 11.3 Å². The number of pyridine rings is 1. The first-order valence-electron chi connectivity index (χ1n) is 6.02. The summed E-state index contributed by atoms with van der Waals surface area (Å²) in [6.45, 7) is 0.576. The van der Waals surface area contributed by atoms with Gasteiger partial charge in [-0.2, -0.15) is 0 Å². The number of halogens is 1. The van der Waals surface area contributed by atoms with Crippen LogP contribution in [0.25, 0.3) is 0 Å². The summed E-state index contributed by atoms with van der Waals surface area (Å²) in [4.78, 5) is 23.3. The molecule has 0 fully saturated rings. The SMILES string of the molecule is Nc1cn(CC(=O)NCc2ccccc2)cc(Br)c1=O. The van der Waals surface area contributed by atoms with Gasteiger partial charge < -0.3 is 15.6 Å². The summed E-state index contributed by atoms with van der Waals surface area (Å²) < 4.78 is 1.91. The van der Waals surface area contributed by atoms with Gasteiger partial charge in [-0.05, 0) is 21.5 Å². The van der Waals surface area contributed by atoms with E-state index >= 15 is 0 Å². The van der Waals surface area contributed by atoms with Crippen LogP contribution in [0.1, 0.15) is 5.56 Å². The van der Waals surface area contributed by atoms with E-state index in [9.17, 15) is 9.59 Å². The molecule has 0 aliphatic heterocycles. The highest BCUT2D eigenvalue weighted by atomic mass is 79.9. The Bertz CT molecular complexity index is 642. The van der Waals surface area contributed by atoms with E-state index in [0.717, 1.165) is 5.56 Å². The van der Waals surface area contributed by atoms with Crippen molar-refractivity contribution in [2.45, 2.75) is 13.1 Å². The molecule has 1 aromatic heterocycles. The average molecular weight is 336 g/mol. The van der Waals surface area contributed by atoms with Gasteiger partial charge in [0.15, 0.2) is 0 Å². The number of nitrogen functional groups attached to an aromatic ring is 1. The first kappa shape index (κ1) is 14.3. The monoisotopic (exact) mass is 335 g/mol. The third kappa shape index (κ3) is 3.71. The van der Waals surface area contributed by atoms with E-state index in [-0.39, 0.29) is 23.6 Å². The summed E-state index contributed by atoms with van der Waals surface area (Å²) in [5.41, 5.74) is 6.43. The Balaban J connectivity index is 1.97. The fourth-order valence-electron chi connectivity index (χ4n) is 1.73. The number of nitrogens with zero attached hydrogens (tertiary/aromatic N) is 1. The molecule has 20 heavy (non-hydrogen) atoms. The Morgan fingerprint density at radius 3 is 2.60 bits per heavy atom. The molecule has 0 unspecified atom stereocenters. The Morgan fingerprint density at radius 2 is 1.95 bits per heavy atom. The van der Waals surface area contributed by atoms with Crippen LogP contribution in [0.15, 0.2) is 52.0 Å². The number of anilines is 1. The van der Waals surface area contributed by atoms with Crippen LogP contribution < -0.4 is 16.5 Å². The van der Waals surface area contributed by atoms with Gasteiger partial charge in [0, 0.05) is 18.9 Å². The van der Waals surface area contributed by atoms with Crippen molar-refractivity contribution in [3.63, 3.8) is 0 Å². The van der Waals surface area contributed by atoms with Crippen molar-refractivity contribution in [2.75, 3.05) is 5.73 Å². The van der Waals surface area contributed by atoms with Crippen molar-refractivity contribution >= 4 is 27.5 Å². The number of hydrogen-bond acceptors (Lipinski definition) is 3. The molecule has 3 N–H and O–H groups in total. The number of aromatic nitrogens is 1. The van der Waals surface area contributed by atoms with Gasteiger partial charge in [0.05, 0.1) is 10.2 Å². The minimum Gasteiger partial charge on any atom is -0.394 e. The van der Waals surface area contributed by atoms with E-state index in [1.807, 2.05) is 30.3 Å². The number of benzene rings is 1. The molecule has 0 bridgehead atoms. The van der Waals surface area contributed by atoms with E-state index in [0.29, 0.717) is 11.0 Å². The van der Waals surface area contributed by atoms with Crippen LogP contribution >= 0.6 is 15.9 Å². The van der Waals surface area contributed by atoms with Crippen LogP contribution in [-0.2, 0) is 17.9 Å². The predicted octanol–water partition coefficient (Wildman–Crippen LogP) is 1.51. The predicted molar refractivity (Wildman–Crippen MR) is 81.1 cm³/mol. The summed E-state index contributed by atoms with van der Waals surface area (Å²) in [6, 6.07) is 9.64. The molecule has 0 aliphatic rings. The topological polar surface area (TPSA) is 77.1 Å². The molecule has 6 heteroatoms. The second-order valence-electron chi connectivity index (χ2n) is 4.33. The number of amides is 1.